The number of methoxy groups -OCH3 is 2. The maximum Gasteiger partial charge on any atom is 0.161 e. The van der Waals surface area contributed by atoms with E-state index in [0.717, 1.165) is 39.1 Å². The Labute approximate surface area is 253 Å². The molecule has 226 valence electrons. The number of rotatable bonds is 9. The minimum Gasteiger partial charge on any atom is -0.497 e. The van der Waals surface area contributed by atoms with E-state index < -0.39 is 10.9 Å². The fraction of sp³-hybridized carbons (Fsp3) is 0.235. The number of ether oxygens (including phenoxy) is 3. The summed E-state index contributed by atoms with van der Waals surface area (Å²) < 4.78 is 58.5. The Kier molecular flexibility index (Phi) is 8.34. The Morgan fingerprint density at radius 2 is 1.51 bits per heavy atom. The number of anilines is 1. The molecule has 3 N–H and O–H groups in total. The maximum atomic E-state index is 14.1. The van der Waals surface area contributed by atoms with Crippen molar-refractivity contribution in [2.75, 3.05) is 19.5 Å². The van der Waals surface area contributed by atoms with E-state index in [1.165, 1.54) is 19.2 Å². The number of halogens is 1. The van der Waals surface area contributed by atoms with Crippen LogP contribution in [0.4, 0.5) is 10.1 Å². The molecule has 0 fully saturated rings. The van der Waals surface area contributed by atoms with Gasteiger partial charge in [-0.3, -0.25) is 9.11 Å². The lowest BCUT2D eigenvalue weighted by Crippen LogP contribution is -2.32. The van der Waals surface area contributed by atoms with E-state index in [2.05, 4.69) is 32.2 Å². The molecule has 0 saturated heterocycles. The van der Waals surface area contributed by atoms with Crippen molar-refractivity contribution in [3.05, 3.63) is 101 Å². The summed E-state index contributed by atoms with van der Waals surface area (Å²) in [4.78, 5) is 0.218. The van der Waals surface area contributed by atoms with Crippen LogP contribution in [0.15, 0.2) is 83.8 Å². The number of aryl methyl sites for hydroxylation is 1. The summed E-state index contributed by atoms with van der Waals surface area (Å²) in [5.74, 6) is 1.38. The Balaban J connectivity index is 1.55. The van der Waals surface area contributed by atoms with Crippen LogP contribution < -0.4 is 23.7 Å². The molecule has 1 aliphatic rings. The summed E-state index contributed by atoms with van der Waals surface area (Å²) in [5.41, 5.74) is 6.15. The lowest BCUT2D eigenvalue weighted by atomic mass is 9.85. The molecular formula is C34H36FNO6S. The lowest BCUT2D eigenvalue weighted by Gasteiger charge is -2.33. The SMILES string of the molecule is COc1ccc(S(O)(O)Oc2ccc(-c3ccc4c(c3COc3cc(F)ccc3C)C(C)=CC(C)(C)N4)c(OC)c2)cc1. The van der Waals surface area contributed by atoms with Crippen LogP contribution >= 0.6 is 10.9 Å². The molecule has 0 aromatic heterocycles. The topological polar surface area (TPSA) is 89.4 Å². The minimum atomic E-state index is -3.60. The van der Waals surface area contributed by atoms with Crippen molar-refractivity contribution in [3.63, 3.8) is 0 Å². The quantitative estimate of drug-likeness (QED) is 0.175. The van der Waals surface area contributed by atoms with Crippen molar-refractivity contribution in [1.82, 2.24) is 0 Å². The molecule has 1 heterocycles. The third kappa shape index (κ3) is 6.44. The van der Waals surface area contributed by atoms with Gasteiger partial charge < -0.3 is 23.7 Å². The minimum absolute atomic E-state index is 0.176. The van der Waals surface area contributed by atoms with Gasteiger partial charge in [-0.15, -0.1) is 0 Å². The number of nitrogens with one attached hydrogen (secondary N) is 1. The summed E-state index contributed by atoms with van der Waals surface area (Å²) >= 11 is 0. The zero-order valence-electron chi connectivity index (χ0n) is 25.0. The van der Waals surface area contributed by atoms with Gasteiger partial charge in [0.15, 0.2) is 10.9 Å². The lowest BCUT2D eigenvalue weighted by molar-refractivity contribution is 0.302. The number of benzene rings is 4. The molecular weight excluding hydrogens is 569 g/mol. The zero-order chi connectivity index (χ0) is 30.9. The summed E-state index contributed by atoms with van der Waals surface area (Å²) in [7, 11) is -0.522. The largest absolute Gasteiger partial charge is 0.497 e. The molecule has 0 atom stereocenters. The molecule has 43 heavy (non-hydrogen) atoms. The first-order valence-electron chi connectivity index (χ1n) is 13.7. The fourth-order valence-corrected chi connectivity index (χ4v) is 6.32. The van der Waals surface area contributed by atoms with Gasteiger partial charge in [-0.25, -0.2) is 4.39 Å². The van der Waals surface area contributed by atoms with E-state index >= 15 is 0 Å². The van der Waals surface area contributed by atoms with Crippen LogP contribution in [-0.4, -0.2) is 28.9 Å². The third-order valence-electron chi connectivity index (χ3n) is 7.31. The van der Waals surface area contributed by atoms with Crippen molar-refractivity contribution >= 4 is 22.1 Å². The summed E-state index contributed by atoms with van der Waals surface area (Å²) in [6, 6.07) is 20.0. The Bertz CT molecular complexity index is 1680. The molecule has 0 saturated carbocycles. The van der Waals surface area contributed by atoms with Crippen LogP contribution in [-0.2, 0) is 6.61 Å². The zero-order valence-corrected chi connectivity index (χ0v) is 25.8. The van der Waals surface area contributed by atoms with Gasteiger partial charge in [-0.2, -0.15) is 0 Å². The average molecular weight is 606 g/mol. The van der Waals surface area contributed by atoms with Gasteiger partial charge in [-0.1, -0.05) is 18.2 Å². The van der Waals surface area contributed by atoms with Crippen LogP contribution in [0.25, 0.3) is 16.7 Å². The number of allylic oxidation sites excluding steroid dienone is 1. The fourth-order valence-electron chi connectivity index (χ4n) is 5.36. The van der Waals surface area contributed by atoms with E-state index in [1.54, 1.807) is 49.6 Å². The van der Waals surface area contributed by atoms with Gasteiger partial charge >= 0.3 is 0 Å². The first-order valence-corrected chi connectivity index (χ1v) is 15.2. The van der Waals surface area contributed by atoms with E-state index in [-0.39, 0.29) is 28.6 Å². The van der Waals surface area contributed by atoms with Crippen LogP contribution in [0, 0.1) is 12.7 Å². The van der Waals surface area contributed by atoms with Gasteiger partial charge in [0, 0.05) is 34.5 Å². The summed E-state index contributed by atoms with van der Waals surface area (Å²) in [6.07, 6.45) is 2.17. The predicted octanol–water partition coefficient (Wildman–Crippen LogP) is 9.11. The highest BCUT2D eigenvalue weighted by Crippen LogP contribution is 2.51. The van der Waals surface area contributed by atoms with Gasteiger partial charge in [0.25, 0.3) is 0 Å². The second-order valence-corrected chi connectivity index (χ2v) is 12.6. The van der Waals surface area contributed by atoms with Crippen molar-refractivity contribution in [3.8, 4) is 34.1 Å². The van der Waals surface area contributed by atoms with Gasteiger partial charge in [0.05, 0.1) is 24.7 Å². The van der Waals surface area contributed by atoms with Crippen molar-refractivity contribution in [1.29, 1.82) is 0 Å². The molecule has 0 radical (unpaired) electrons. The first-order chi connectivity index (χ1) is 20.4. The summed E-state index contributed by atoms with van der Waals surface area (Å²) in [5, 5.41) is 3.59. The molecule has 9 heteroatoms. The van der Waals surface area contributed by atoms with Gasteiger partial charge in [0.1, 0.15) is 35.4 Å². The van der Waals surface area contributed by atoms with Crippen molar-refractivity contribution in [2.45, 2.75) is 44.7 Å². The van der Waals surface area contributed by atoms with Crippen molar-refractivity contribution < 1.29 is 31.9 Å². The van der Waals surface area contributed by atoms with E-state index in [0.29, 0.717) is 17.2 Å². The molecule has 0 amide bonds. The number of fused-ring (bicyclic) bond motifs is 1. The van der Waals surface area contributed by atoms with Crippen LogP contribution in [0.3, 0.4) is 0 Å². The van der Waals surface area contributed by atoms with E-state index in [4.69, 9.17) is 18.4 Å². The number of hydrogen-bond donors (Lipinski definition) is 3. The molecule has 7 nitrogen and oxygen atoms in total. The second kappa shape index (κ2) is 11.8. The molecule has 1 aliphatic heterocycles. The Hall–Kier alpha value is -4.18. The first kappa shape index (κ1) is 30.3. The normalized spacial score (nSPS) is 14.2. The Morgan fingerprint density at radius 3 is 2.21 bits per heavy atom. The average Bonchev–Trinajstić information content (AvgIpc) is 2.96. The molecule has 0 unspecified atom stereocenters. The van der Waals surface area contributed by atoms with Gasteiger partial charge in [-0.05, 0) is 92.9 Å². The summed E-state index contributed by atoms with van der Waals surface area (Å²) in [6.45, 7) is 8.34. The molecule has 0 aliphatic carbocycles. The highest BCUT2D eigenvalue weighted by Gasteiger charge is 2.28. The predicted molar refractivity (Wildman–Crippen MR) is 170 cm³/mol. The smallest absolute Gasteiger partial charge is 0.161 e. The second-order valence-electron chi connectivity index (χ2n) is 11.0. The van der Waals surface area contributed by atoms with E-state index in [9.17, 15) is 13.5 Å². The van der Waals surface area contributed by atoms with Crippen LogP contribution in [0.2, 0.25) is 0 Å². The standard InChI is InChI=1S/C34H36FNO6S/c1-21-7-8-23(35)17-31(21)41-20-29-27(15-16-30-33(29)22(2)19-34(3,4)36-30)28-14-11-25(18-32(28)40-6)42-43(37,38)26-12-9-24(39-5)10-13-26/h7-19,36-38H,20H2,1-6H3. The number of hydrogen-bond acceptors (Lipinski definition) is 7. The Morgan fingerprint density at radius 1 is 0.814 bits per heavy atom. The maximum absolute atomic E-state index is 14.1. The third-order valence-corrected chi connectivity index (χ3v) is 8.62. The van der Waals surface area contributed by atoms with Gasteiger partial charge in [0.2, 0.25) is 0 Å². The van der Waals surface area contributed by atoms with E-state index in [1.807, 2.05) is 25.1 Å². The molecule has 5 rings (SSSR count). The molecule has 0 spiro atoms. The van der Waals surface area contributed by atoms with Crippen LogP contribution in [0.5, 0.6) is 23.0 Å². The molecule has 4 aromatic carbocycles. The van der Waals surface area contributed by atoms with Crippen LogP contribution in [0.1, 0.15) is 37.5 Å². The highest BCUT2D eigenvalue weighted by molar-refractivity contribution is 8.20. The highest BCUT2D eigenvalue weighted by atomic mass is 32.3. The van der Waals surface area contributed by atoms with Crippen molar-refractivity contribution in [2.24, 2.45) is 0 Å². The molecule has 0 bridgehead atoms. The molecule has 4 aromatic rings. The monoisotopic (exact) mass is 605 g/mol.